The maximum atomic E-state index is 13.2. The van der Waals surface area contributed by atoms with Gasteiger partial charge in [-0.2, -0.15) is 0 Å². The molecule has 1 N–H and O–H groups in total. The number of halogens is 1. The van der Waals surface area contributed by atoms with Gasteiger partial charge in [-0.25, -0.2) is 4.39 Å². The second kappa shape index (κ2) is 7.52. The molecule has 0 aliphatic carbocycles. The number of aliphatic hydroxyl groups excluding tert-OH is 1. The highest BCUT2D eigenvalue weighted by Crippen LogP contribution is 2.12. The van der Waals surface area contributed by atoms with Gasteiger partial charge in [0, 0.05) is 26.3 Å². The van der Waals surface area contributed by atoms with E-state index in [1.54, 1.807) is 14.2 Å². The van der Waals surface area contributed by atoms with Gasteiger partial charge in [0.1, 0.15) is 12.4 Å². The number of rotatable bonds is 4. The summed E-state index contributed by atoms with van der Waals surface area (Å²) < 4.78 is 18.1. The van der Waals surface area contributed by atoms with E-state index in [2.05, 4.69) is 11.8 Å². The Balaban J connectivity index is 3.01. The molecule has 1 aromatic carbocycles. The van der Waals surface area contributed by atoms with Gasteiger partial charge in [-0.3, -0.25) is 4.79 Å². The van der Waals surface area contributed by atoms with Gasteiger partial charge in [-0.15, -0.1) is 0 Å². The Bertz CT molecular complexity index is 505. The van der Waals surface area contributed by atoms with Crippen LogP contribution in [-0.4, -0.2) is 49.8 Å². The quantitative estimate of drug-likeness (QED) is 0.822. The summed E-state index contributed by atoms with van der Waals surface area (Å²) in [6.45, 7) is 0.504. The van der Waals surface area contributed by atoms with Gasteiger partial charge in [-0.05, 0) is 18.2 Å². The normalized spacial score (nSPS) is 9.68. The molecule has 0 fully saturated rings. The van der Waals surface area contributed by atoms with E-state index >= 15 is 0 Å². The van der Waals surface area contributed by atoms with E-state index in [4.69, 9.17) is 9.84 Å². The number of likely N-dealkylation sites (N-methyl/N-ethyl adjacent to an activating group) is 1. The van der Waals surface area contributed by atoms with Crippen molar-refractivity contribution in [1.29, 1.82) is 0 Å². The summed E-state index contributed by atoms with van der Waals surface area (Å²) in [4.78, 5) is 13.6. The number of nitrogens with zero attached hydrogens (tertiary/aromatic N) is 1. The predicted octanol–water partition coefficient (Wildman–Crippen LogP) is 0.888. The number of hydrogen-bond acceptors (Lipinski definition) is 3. The van der Waals surface area contributed by atoms with Crippen molar-refractivity contribution in [2.45, 2.75) is 0 Å². The number of carbonyl (C=O) groups excluding carboxylic acids is 1. The maximum absolute atomic E-state index is 13.2. The van der Waals surface area contributed by atoms with Crippen molar-refractivity contribution in [3.05, 3.63) is 35.1 Å². The first-order valence-electron chi connectivity index (χ1n) is 5.73. The Morgan fingerprint density at radius 3 is 2.89 bits per heavy atom. The highest BCUT2D eigenvalue weighted by Gasteiger charge is 2.15. The highest BCUT2D eigenvalue weighted by molar-refractivity contribution is 5.96. The first-order valence-corrected chi connectivity index (χ1v) is 5.73. The number of benzene rings is 1. The monoisotopic (exact) mass is 265 g/mol. The van der Waals surface area contributed by atoms with Crippen LogP contribution in [0.25, 0.3) is 0 Å². The Labute approximate surface area is 111 Å². The fraction of sp³-hybridized carbons (Fsp3) is 0.357. The minimum atomic E-state index is -0.474. The van der Waals surface area contributed by atoms with E-state index in [0.717, 1.165) is 0 Å². The van der Waals surface area contributed by atoms with Gasteiger partial charge in [0.05, 0.1) is 12.2 Å². The van der Waals surface area contributed by atoms with E-state index in [9.17, 15) is 9.18 Å². The molecular weight excluding hydrogens is 249 g/mol. The Morgan fingerprint density at radius 2 is 2.26 bits per heavy atom. The number of methoxy groups -OCH3 is 1. The zero-order valence-corrected chi connectivity index (χ0v) is 10.9. The third-order valence-electron chi connectivity index (χ3n) is 2.49. The van der Waals surface area contributed by atoms with Crippen LogP contribution in [0.5, 0.6) is 0 Å². The first kappa shape index (κ1) is 15.2. The van der Waals surface area contributed by atoms with E-state index in [1.165, 1.54) is 23.1 Å². The molecule has 0 radical (unpaired) electrons. The second-order valence-corrected chi connectivity index (χ2v) is 3.87. The molecule has 0 spiro atoms. The fourth-order valence-electron chi connectivity index (χ4n) is 1.48. The summed E-state index contributed by atoms with van der Waals surface area (Å²) in [5, 5.41) is 8.67. The predicted molar refractivity (Wildman–Crippen MR) is 69.2 cm³/mol. The molecule has 0 aliphatic rings. The molecule has 0 aliphatic heterocycles. The molecule has 0 saturated heterocycles. The molecule has 0 atom stereocenters. The van der Waals surface area contributed by atoms with Crippen molar-refractivity contribution in [2.75, 3.05) is 33.9 Å². The average Bonchev–Trinajstić information content (AvgIpc) is 2.41. The van der Waals surface area contributed by atoms with Crippen molar-refractivity contribution < 1.29 is 19.0 Å². The Kier molecular flexibility index (Phi) is 6.00. The minimum absolute atomic E-state index is 0.265. The zero-order valence-electron chi connectivity index (χ0n) is 10.9. The third kappa shape index (κ3) is 4.36. The molecule has 1 aromatic rings. The van der Waals surface area contributed by atoms with E-state index in [0.29, 0.717) is 18.7 Å². The lowest BCUT2D eigenvalue weighted by molar-refractivity contribution is 0.0744. The molecule has 0 saturated carbocycles. The molecule has 102 valence electrons. The van der Waals surface area contributed by atoms with Gasteiger partial charge < -0.3 is 14.7 Å². The lowest BCUT2D eigenvalue weighted by atomic mass is 10.1. The smallest absolute Gasteiger partial charge is 0.254 e. The number of aliphatic hydroxyl groups is 1. The summed E-state index contributed by atoms with van der Waals surface area (Å²) in [5.74, 6) is 4.25. The van der Waals surface area contributed by atoms with Gasteiger partial charge >= 0.3 is 0 Å². The van der Waals surface area contributed by atoms with Gasteiger partial charge in [0.25, 0.3) is 5.91 Å². The van der Waals surface area contributed by atoms with Crippen LogP contribution in [0.15, 0.2) is 18.2 Å². The van der Waals surface area contributed by atoms with Gasteiger partial charge in [0.15, 0.2) is 0 Å². The molecule has 0 unspecified atom stereocenters. The molecule has 4 nitrogen and oxygen atoms in total. The average molecular weight is 265 g/mol. The van der Waals surface area contributed by atoms with Crippen LogP contribution in [-0.2, 0) is 4.74 Å². The molecule has 1 amide bonds. The second-order valence-electron chi connectivity index (χ2n) is 3.87. The summed E-state index contributed by atoms with van der Waals surface area (Å²) in [5.41, 5.74) is 0.573. The molecule has 0 heterocycles. The third-order valence-corrected chi connectivity index (χ3v) is 2.49. The van der Waals surface area contributed by atoms with Crippen LogP contribution in [0.4, 0.5) is 4.39 Å². The lowest BCUT2D eigenvalue weighted by Crippen LogP contribution is -2.30. The van der Waals surface area contributed by atoms with Crippen molar-refractivity contribution in [1.82, 2.24) is 4.90 Å². The SMILES string of the molecule is COCCN(C)C(=O)c1ccc(F)cc1C#CCO. The Morgan fingerprint density at radius 1 is 1.53 bits per heavy atom. The van der Waals surface area contributed by atoms with Crippen molar-refractivity contribution in [3.63, 3.8) is 0 Å². The molecule has 0 bridgehead atoms. The fourth-order valence-corrected chi connectivity index (χ4v) is 1.48. The lowest BCUT2D eigenvalue weighted by Gasteiger charge is -2.17. The summed E-state index contributed by atoms with van der Waals surface area (Å²) in [6.07, 6.45) is 0. The van der Waals surface area contributed by atoms with Crippen LogP contribution in [0.3, 0.4) is 0 Å². The number of ether oxygens (including phenoxy) is 1. The van der Waals surface area contributed by atoms with Crippen LogP contribution in [0.1, 0.15) is 15.9 Å². The number of hydrogen-bond donors (Lipinski definition) is 1. The number of amides is 1. The van der Waals surface area contributed by atoms with Gasteiger partial charge in [-0.1, -0.05) is 11.8 Å². The van der Waals surface area contributed by atoms with E-state index < -0.39 is 5.82 Å². The minimum Gasteiger partial charge on any atom is -0.384 e. The molecular formula is C14H16FNO3. The van der Waals surface area contributed by atoms with Gasteiger partial charge in [0.2, 0.25) is 0 Å². The highest BCUT2D eigenvalue weighted by atomic mass is 19.1. The molecule has 19 heavy (non-hydrogen) atoms. The van der Waals surface area contributed by atoms with Crippen LogP contribution in [0, 0.1) is 17.7 Å². The van der Waals surface area contributed by atoms with Crippen LogP contribution < -0.4 is 0 Å². The summed E-state index contributed by atoms with van der Waals surface area (Å²) >= 11 is 0. The molecule has 0 aromatic heterocycles. The molecule has 5 heteroatoms. The Hall–Kier alpha value is -1.90. The summed E-state index contributed by atoms with van der Waals surface area (Å²) in [6, 6.07) is 3.78. The first-order chi connectivity index (χ1) is 9.10. The van der Waals surface area contributed by atoms with Crippen molar-refractivity contribution in [2.24, 2.45) is 0 Å². The van der Waals surface area contributed by atoms with Crippen molar-refractivity contribution >= 4 is 5.91 Å². The van der Waals surface area contributed by atoms with E-state index in [-0.39, 0.29) is 18.1 Å². The topological polar surface area (TPSA) is 49.8 Å². The summed E-state index contributed by atoms with van der Waals surface area (Å²) in [7, 11) is 3.18. The van der Waals surface area contributed by atoms with Crippen LogP contribution >= 0.6 is 0 Å². The maximum Gasteiger partial charge on any atom is 0.254 e. The van der Waals surface area contributed by atoms with E-state index in [1.807, 2.05) is 0 Å². The zero-order chi connectivity index (χ0) is 14.3. The van der Waals surface area contributed by atoms with Crippen molar-refractivity contribution in [3.8, 4) is 11.8 Å². The standard InChI is InChI=1S/C14H16FNO3/c1-16(7-9-19-2)14(18)13-6-5-12(15)10-11(13)4-3-8-17/h5-6,10,17H,7-9H2,1-2H3. The van der Waals surface area contributed by atoms with Crippen LogP contribution in [0.2, 0.25) is 0 Å². The number of carbonyl (C=O) groups is 1. The largest absolute Gasteiger partial charge is 0.384 e. The molecule has 1 rings (SSSR count).